The van der Waals surface area contributed by atoms with E-state index in [0.29, 0.717) is 12.1 Å². The zero-order valence-electron chi connectivity index (χ0n) is 12.8. The molecule has 24 heavy (non-hydrogen) atoms. The van der Waals surface area contributed by atoms with Crippen molar-refractivity contribution in [1.82, 2.24) is 9.78 Å². The van der Waals surface area contributed by atoms with Crippen molar-refractivity contribution in [1.29, 1.82) is 10.5 Å². The molecule has 2 aromatic rings. The monoisotopic (exact) mass is 332 g/mol. The van der Waals surface area contributed by atoms with Crippen LogP contribution in [0.2, 0.25) is 0 Å². The topological polar surface area (TPSA) is 65.4 Å². The highest BCUT2D eigenvalue weighted by Crippen LogP contribution is 2.33. The van der Waals surface area contributed by atoms with Crippen LogP contribution in [0.3, 0.4) is 0 Å². The van der Waals surface area contributed by atoms with E-state index in [0.717, 1.165) is 5.56 Å². The molecule has 0 atom stereocenters. The molecule has 0 saturated heterocycles. The number of nitrogens with zero attached hydrogens (tertiary/aromatic N) is 4. The van der Waals surface area contributed by atoms with E-state index in [4.69, 9.17) is 0 Å². The molecule has 2 rings (SSSR count). The van der Waals surface area contributed by atoms with Gasteiger partial charge in [-0.25, -0.2) is 0 Å². The molecule has 0 spiro atoms. The van der Waals surface area contributed by atoms with Gasteiger partial charge in [0.15, 0.2) is 0 Å². The van der Waals surface area contributed by atoms with Gasteiger partial charge in [0.2, 0.25) is 0 Å². The first-order valence-corrected chi connectivity index (χ1v) is 7.30. The molecule has 1 aromatic heterocycles. The SMILES string of the molecule is N#CC(C#N)(CCC(F)(F)F)Cc1cnn(Cc2ccccc2)c1. The van der Waals surface area contributed by atoms with Gasteiger partial charge in [-0.05, 0) is 17.5 Å². The van der Waals surface area contributed by atoms with Crippen LogP contribution in [0, 0.1) is 28.1 Å². The van der Waals surface area contributed by atoms with Gasteiger partial charge in [-0.2, -0.15) is 28.8 Å². The quantitative estimate of drug-likeness (QED) is 0.807. The van der Waals surface area contributed by atoms with E-state index in [9.17, 15) is 23.7 Å². The number of benzene rings is 1. The van der Waals surface area contributed by atoms with Crippen LogP contribution in [0.15, 0.2) is 42.7 Å². The lowest BCUT2D eigenvalue weighted by Crippen LogP contribution is -2.23. The predicted molar refractivity (Wildman–Crippen MR) is 80.4 cm³/mol. The molecule has 0 N–H and O–H groups in total. The Morgan fingerprint density at radius 3 is 2.25 bits per heavy atom. The Labute approximate surface area is 137 Å². The van der Waals surface area contributed by atoms with Crippen LogP contribution >= 0.6 is 0 Å². The second-order valence-corrected chi connectivity index (χ2v) is 5.63. The first kappa shape index (κ1) is 17.6. The lowest BCUT2D eigenvalue weighted by molar-refractivity contribution is -0.138. The van der Waals surface area contributed by atoms with Crippen molar-refractivity contribution < 1.29 is 13.2 Å². The molecule has 0 saturated carbocycles. The van der Waals surface area contributed by atoms with E-state index in [1.807, 2.05) is 30.3 Å². The van der Waals surface area contributed by atoms with Gasteiger partial charge in [-0.15, -0.1) is 0 Å². The Morgan fingerprint density at radius 1 is 1.00 bits per heavy atom. The van der Waals surface area contributed by atoms with E-state index >= 15 is 0 Å². The Morgan fingerprint density at radius 2 is 1.67 bits per heavy atom. The molecule has 4 nitrogen and oxygen atoms in total. The number of aromatic nitrogens is 2. The van der Waals surface area contributed by atoms with Gasteiger partial charge in [0.1, 0.15) is 5.41 Å². The van der Waals surface area contributed by atoms with Crippen LogP contribution in [0.25, 0.3) is 0 Å². The van der Waals surface area contributed by atoms with Crippen molar-refractivity contribution in [3.05, 3.63) is 53.9 Å². The summed E-state index contributed by atoms with van der Waals surface area (Å²) in [4.78, 5) is 0. The van der Waals surface area contributed by atoms with Crippen molar-refractivity contribution in [3.63, 3.8) is 0 Å². The molecule has 0 aliphatic carbocycles. The highest BCUT2D eigenvalue weighted by atomic mass is 19.4. The summed E-state index contributed by atoms with van der Waals surface area (Å²) in [5.41, 5.74) is -0.108. The minimum absolute atomic E-state index is 0.0785. The molecule has 0 amide bonds. The van der Waals surface area contributed by atoms with Crippen molar-refractivity contribution in [3.8, 4) is 12.1 Å². The van der Waals surface area contributed by atoms with Crippen LogP contribution in [-0.4, -0.2) is 16.0 Å². The van der Waals surface area contributed by atoms with Crippen LogP contribution in [0.5, 0.6) is 0 Å². The van der Waals surface area contributed by atoms with Gasteiger partial charge in [-0.3, -0.25) is 4.68 Å². The molecule has 1 heterocycles. The van der Waals surface area contributed by atoms with Gasteiger partial charge in [0, 0.05) is 19.0 Å². The Kier molecular flexibility index (Phi) is 5.25. The molecule has 0 unspecified atom stereocenters. The van der Waals surface area contributed by atoms with E-state index in [2.05, 4.69) is 5.10 Å². The van der Waals surface area contributed by atoms with Gasteiger partial charge < -0.3 is 0 Å². The molecular formula is C17H15F3N4. The summed E-state index contributed by atoms with van der Waals surface area (Å²) in [6.07, 6.45) is -3.04. The summed E-state index contributed by atoms with van der Waals surface area (Å²) in [7, 11) is 0. The molecule has 0 aliphatic rings. The van der Waals surface area contributed by atoms with Crippen LogP contribution in [0.1, 0.15) is 24.0 Å². The number of nitriles is 2. The number of rotatable bonds is 6. The van der Waals surface area contributed by atoms with Gasteiger partial charge >= 0.3 is 6.18 Å². The maximum Gasteiger partial charge on any atom is 0.389 e. The summed E-state index contributed by atoms with van der Waals surface area (Å²) in [5, 5.41) is 22.6. The Bertz CT molecular complexity index is 737. The minimum Gasteiger partial charge on any atom is -0.268 e. The normalized spacial score (nSPS) is 11.7. The van der Waals surface area contributed by atoms with Crippen LogP contribution in [0.4, 0.5) is 13.2 Å². The predicted octanol–water partition coefficient (Wildman–Crippen LogP) is 3.85. The average Bonchev–Trinajstić information content (AvgIpc) is 2.98. The smallest absolute Gasteiger partial charge is 0.268 e. The fourth-order valence-corrected chi connectivity index (χ4v) is 2.36. The highest BCUT2D eigenvalue weighted by molar-refractivity contribution is 5.22. The molecule has 1 aromatic carbocycles. The summed E-state index contributed by atoms with van der Waals surface area (Å²) in [6, 6.07) is 13.0. The number of hydrogen-bond donors (Lipinski definition) is 0. The Hall–Kier alpha value is -2.80. The first-order chi connectivity index (χ1) is 11.4. The van der Waals surface area contributed by atoms with Crippen molar-refractivity contribution >= 4 is 0 Å². The van der Waals surface area contributed by atoms with Crippen molar-refractivity contribution in [2.24, 2.45) is 5.41 Å². The molecule has 0 bridgehead atoms. The molecule has 124 valence electrons. The average molecular weight is 332 g/mol. The van der Waals surface area contributed by atoms with Crippen LogP contribution in [-0.2, 0) is 13.0 Å². The van der Waals surface area contributed by atoms with E-state index in [1.165, 1.54) is 6.20 Å². The van der Waals surface area contributed by atoms with Crippen molar-refractivity contribution in [2.45, 2.75) is 32.0 Å². The summed E-state index contributed by atoms with van der Waals surface area (Å²) in [5.74, 6) is 0. The van der Waals surface area contributed by atoms with Gasteiger partial charge in [-0.1, -0.05) is 30.3 Å². The number of alkyl halides is 3. The standard InChI is InChI=1S/C17H15F3N4/c18-17(19,20)7-6-16(12-21,13-22)8-15-9-23-24(11-15)10-14-4-2-1-3-5-14/h1-5,9,11H,6-8,10H2. The lowest BCUT2D eigenvalue weighted by atomic mass is 9.81. The molecule has 0 radical (unpaired) electrons. The van der Waals surface area contributed by atoms with Gasteiger partial charge in [0.05, 0.1) is 24.9 Å². The maximum absolute atomic E-state index is 12.4. The lowest BCUT2D eigenvalue weighted by Gasteiger charge is -2.18. The van der Waals surface area contributed by atoms with E-state index in [1.54, 1.807) is 23.0 Å². The summed E-state index contributed by atoms with van der Waals surface area (Å²) >= 11 is 0. The minimum atomic E-state index is -4.39. The fourth-order valence-electron chi connectivity index (χ4n) is 2.36. The summed E-state index contributed by atoms with van der Waals surface area (Å²) < 4.78 is 38.9. The third-order valence-corrected chi connectivity index (χ3v) is 3.64. The zero-order valence-corrected chi connectivity index (χ0v) is 12.8. The van der Waals surface area contributed by atoms with E-state index in [-0.39, 0.29) is 6.42 Å². The third-order valence-electron chi connectivity index (χ3n) is 3.64. The zero-order chi connectivity index (χ0) is 17.6. The van der Waals surface area contributed by atoms with E-state index < -0.39 is 24.4 Å². The fraction of sp³-hybridized carbons (Fsp3) is 0.353. The molecule has 0 aliphatic heterocycles. The van der Waals surface area contributed by atoms with Crippen LogP contribution < -0.4 is 0 Å². The second kappa shape index (κ2) is 7.18. The second-order valence-electron chi connectivity index (χ2n) is 5.63. The van der Waals surface area contributed by atoms with Crippen molar-refractivity contribution in [2.75, 3.05) is 0 Å². The number of hydrogen-bond acceptors (Lipinski definition) is 3. The molecular weight excluding hydrogens is 317 g/mol. The molecule has 7 heteroatoms. The Balaban J connectivity index is 2.08. The maximum atomic E-state index is 12.4. The highest BCUT2D eigenvalue weighted by Gasteiger charge is 2.37. The first-order valence-electron chi connectivity index (χ1n) is 7.30. The summed E-state index contributed by atoms with van der Waals surface area (Å²) in [6.45, 7) is 0.509. The molecule has 0 fully saturated rings. The largest absolute Gasteiger partial charge is 0.389 e. The van der Waals surface area contributed by atoms with Gasteiger partial charge in [0.25, 0.3) is 0 Å². The number of halogens is 3. The third kappa shape index (κ3) is 4.85.